The summed E-state index contributed by atoms with van der Waals surface area (Å²) in [7, 11) is 0. The number of hydrogen-bond acceptors (Lipinski definition) is 3. The fourth-order valence-electron chi connectivity index (χ4n) is 2.80. The Morgan fingerprint density at radius 2 is 1.64 bits per heavy atom. The number of benzene rings is 2. The van der Waals surface area contributed by atoms with Crippen molar-refractivity contribution in [1.29, 1.82) is 0 Å². The molecule has 116 valence electrons. The van der Waals surface area contributed by atoms with E-state index >= 15 is 0 Å². The van der Waals surface area contributed by atoms with Crippen molar-refractivity contribution in [2.75, 3.05) is 6.61 Å². The molecule has 1 aliphatic heterocycles. The van der Waals surface area contributed by atoms with E-state index in [0.29, 0.717) is 13.0 Å². The molecule has 3 rings (SSSR count). The molecular weight excluding hydrogens is 276 g/mol. The monoisotopic (exact) mass is 298 g/mol. The second-order valence-electron chi connectivity index (χ2n) is 5.90. The van der Waals surface area contributed by atoms with Gasteiger partial charge in [-0.2, -0.15) is 0 Å². The van der Waals surface area contributed by atoms with Crippen LogP contribution in [0.1, 0.15) is 18.9 Å². The van der Waals surface area contributed by atoms with Crippen molar-refractivity contribution < 1.29 is 14.6 Å². The zero-order valence-electron chi connectivity index (χ0n) is 13.0. The van der Waals surface area contributed by atoms with Crippen molar-refractivity contribution in [3.8, 4) is 16.9 Å². The Hall–Kier alpha value is -1.84. The highest BCUT2D eigenvalue weighted by Gasteiger charge is 2.32. The van der Waals surface area contributed by atoms with Crippen LogP contribution in [0.2, 0.25) is 0 Å². The Labute approximate surface area is 131 Å². The van der Waals surface area contributed by atoms with Gasteiger partial charge in [-0.25, -0.2) is 0 Å². The summed E-state index contributed by atoms with van der Waals surface area (Å²) in [5.41, 5.74) is 3.62. The third-order valence-electron chi connectivity index (χ3n) is 4.13. The maximum Gasteiger partial charge on any atom is 0.125 e. The van der Waals surface area contributed by atoms with Crippen molar-refractivity contribution in [1.82, 2.24) is 0 Å². The highest BCUT2D eigenvalue weighted by Crippen LogP contribution is 2.25. The molecule has 1 fully saturated rings. The Morgan fingerprint density at radius 3 is 2.18 bits per heavy atom. The summed E-state index contributed by atoms with van der Waals surface area (Å²) in [6.45, 7) is 4.63. The van der Waals surface area contributed by atoms with Gasteiger partial charge in [-0.15, -0.1) is 0 Å². The minimum absolute atomic E-state index is 0.164. The number of hydrogen-bond donors (Lipinski definition) is 1. The number of aryl methyl sites for hydroxylation is 1. The molecule has 2 aromatic carbocycles. The average molecular weight is 298 g/mol. The first-order valence-electron chi connectivity index (χ1n) is 7.77. The summed E-state index contributed by atoms with van der Waals surface area (Å²) in [6.07, 6.45) is -0.147. The van der Waals surface area contributed by atoms with Gasteiger partial charge in [0.1, 0.15) is 18.0 Å². The smallest absolute Gasteiger partial charge is 0.125 e. The van der Waals surface area contributed by atoms with E-state index in [-0.39, 0.29) is 12.2 Å². The van der Waals surface area contributed by atoms with Crippen LogP contribution in [0.4, 0.5) is 0 Å². The zero-order valence-corrected chi connectivity index (χ0v) is 13.0. The quantitative estimate of drug-likeness (QED) is 0.937. The standard InChI is InChI=1S/C19H22O3/c1-13-3-5-15(6-4-13)16-7-9-17(10-8-16)22-14(2)19-18(20)11-12-21-19/h3-10,14,18-20H,11-12H2,1-2H3/t14-,18?,19?/m1/s1. The van der Waals surface area contributed by atoms with E-state index in [1.807, 2.05) is 19.1 Å². The van der Waals surface area contributed by atoms with Gasteiger partial charge in [-0.1, -0.05) is 42.0 Å². The molecule has 0 bridgehead atoms. The molecule has 3 atom stereocenters. The molecule has 2 aromatic rings. The number of aliphatic hydroxyl groups is 1. The Morgan fingerprint density at radius 1 is 1.05 bits per heavy atom. The first-order valence-corrected chi connectivity index (χ1v) is 7.77. The summed E-state index contributed by atoms with van der Waals surface area (Å²) >= 11 is 0. The molecule has 1 N–H and O–H groups in total. The highest BCUT2D eigenvalue weighted by molar-refractivity contribution is 5.64. The minimum Gasteiger partial charge on any atom is -0.488 e. The van der Waals surface area contributed by atoms with E-state index in [1.54, 1.807) is 0 Å². The number of ether oxygens (including phenoxy) is 2. The highest BCUT2D eigenvalue weighted by atomic mass is 16.6. The van der Waals surface area contributed by atoms with E-state index < -0.39 is 6.10 Å². The first-order chi connectivity index (χ1) is 10.6. The average Bonchev–Trinajstić information content (AvgIpc) is 2.95. The number of aliphatic hydroxyl groups excluding tert-OH is 1. The van der Waals surface area contributed by atoms with Gasteiger partial charge in [0, 0.05) is 6.61 Å². The van der Waals surface area contributed by atoms with Gasteiger partial charge in [0.2, 0.25) is 0 Å². The third-order valence-corrected chi connectivity index (χ3v) is 4.13. The van der Waals surface area contributed by atoms with Gasteiger partial charge in [0.05, 0.1) is 6.10 Å². The van der Waals surface area contributed by atoms with Gasteiger partial charge in [0.15, 0.2) is 0 Å². The van der Waals surface area contributed by atoms with E-state index in [4.69, 9.17) is 9.47 Å². The molecular formula is C19H22O3. The van der Waals surface area contributed by atoms with Gasteiger partial charge in [-0.05, 0) is 43.5 Å². The zero-order chi connectivity index (χ0) is 15.5. The molecule has 22 heavy (non-hydrogen) atoms. The predicted molar refractivity (Wildman–Crippen MR) is 87.1 cm³/mol. The molecule has 3 heteroatoms. The molecule has 0 aromatic heterocycles. The molecule has 0 spiro atoms. The lowest BCUT2D eigenvalue weighted by Crippen LogP contribution is -2.36. The lowest BCUT2D eigenvalue weighted by atomic mass is 10.0. The largest absolute Gasteiger partial charge is 0.488 e. The Bertz CT molecular complexity index is 604. The normalized spacial score (nSPS) is 22.5. The SMILES string of the molecule is Cc1ccc(-c2ccc(O[C@H](C)C3OCCC3O)cc2)cc1. The van der Waals surface area contributed by atoms with Crippen LogP contribution in [-0.4, -0.2) is 30.0 Å². The fraction of sp³-hybridized carbons (Fsp3) is 0.368. The van der Waals surface area contributed by atoms with Gasteiger partial charge < -0.3 is 14.6 Å². The van der Waals surface area contributed by atoms with Crippen molar-refractivity contribution in [3.05, 3.63) is 54.1 Å². The van der Waals surface area contributed by atoms with Crippen molar-refractivity contribution in [3.63, 3.8) is 0 Å². The van der Waals surface area contributed by atoms with Crippen LogP contribution in [0, 0.1) is 6.92 Å². The fourth-order valence-corrected chi connectivity index (χ4v) is 2.80. The summed E-state index contributed by atoms with van der Waals surface area (Å²) in [5.74, 6) is 0.797. The summed E-state index contributed by atoms with van der Waals surface area (Å²) in [5, 5.41) is 9.85. The molecule has 0 saturated carbocycles. The molecule has 1 heterocycles. The second kappa shape index (κ2) is 6.51. The van der Waals surface area contributed by atoms with Crippen LogP contribution in [0.15, 0.2) is 48.5 Å². The number of rotatable bonds is 4. The molecule has 2 unspecified atom stereocenters. The van der Waals surface area contributed by atoms with Crippen molar-refractivity contribution in [2.24, 2.45) is 0 Å². The predicted octanol–water partition coefficient (Wildman–Crippen LogP) is 3.58. The van der Waals surface area contributed by atoms with E-state index in [9.17, 15) is 5.11 Å². The maximum atomic E-state index is 9.85. The lowest BCUT2D eigenvalue weighted by molar-refractivity contribution is -0.0269. The Balaban J connectivity index is 1.67. The molecule has 1 saturated heterocycles. The first kappa shape index (κ1) is 15.1. The van der Waals surface area contributed by atoms with E-state index in [1.165, 1.54) is 11.1 Å². The lowest BCUT2D eigenvalue weighted by Gasteiger charge is -2.23. The van der Waals surface area contributed by atoms with Crippen LogP contribution < -0.4 is 4.74 Å². The third kappa shape index (κ3) is 3.32. The van der Waals surface area contributed by atoms with Gasteiger partial charge in [-0.3, -0.25) is 0 Å². The summed E-state index contributed by atoms with van der Waals surface area (Å²) < 4.78 is 11.4. The van der Waals surface area contributed by atoms with E-state index in [0.717, 1.165) is 11.3 Å². The molecule has 0 aliphatic carbocycles. The van der Waals surface area contributed by atoms with E-state index in [2.05, 4.69) is 43.3 Å². The summed E-state index contributed by atoms with van der Waals surface area (Å²) in [4.78, 5) is 0. The Kier molecular flexibility index (Phi) is 4.46. The molecule has 3 nitrogen and oxygen atoms in total. The minimum atomic E-state index is -0.429. The van der Waals surface area contributed by atoms with Crippen LogP contribution >= 0.6 is 0 Å². The van der Waals surface area contributed by atoms with Crippen LogP contribution in [0.3, 0.4) is 0 Å². The van der Waals surface area contributed by atoms with Crippen LogP contribution in [0.5, 0.6) is 5.75 Å². The summed E-state index contributed by atoms with van der Waals surface area (Å²) in [6, 6.07) is 16.5. The molecule has 0 amide bonds. The second-order valence-corrected chi connectivity index (χ2v) is 5.90. The molecule has 0 radical (unpaired) electrons. The maximum absolute atomic E-state index is 9.85. The van der Waals surface area contributed by atoms with Gasteiger partial charge >= 0.3 is 0 Å². The van der Waals surface area contributed by atoms with Crippen molar-refractivity contribution in [2.45, 2.75) is 38.6 Å². The van der Waals surface area contributed by atoms with Crippen LogP contribution in [0.25, 0.3) is 11.1 Å². The van der Waals surface area contributed by atoms with Gasteiger partial charge in [0.25, 0.3) is 0 Å². The molecule has 1 aliphatic rings. The van der Waals surface area contributed by atoms with Crippen LogP contribution in [-0.2, 0) is 4.74 Å². The van der Waals surface area contributed by atoms with Crippen molar-refractivity contribution >= 4 is 0 Å². The topological polar surface area (TPSA) is 38.7 Å².